The molecule has 0 bridgehead atoms. The Hall–Kier alpha value is -2.87. The molecule has 2 aromatic heterocycles. The molecule has 142 valence electrons. The quantitative estimate of drug-likeness (QED) is 0.230. The van der Waals surface area contributed by atoms with E-state index in [1.54, 1.807) is 50.9 Å². The van der Waals surface area contributed by atoms with E-state index in [-0.39, 0.29) is 11.8 Å². The number of benzene rings is 1. The Morgan fingerprint density at radius 1 is 1.29 bits per heavy atom. The number of nitrogens with two attached hydrogens (primary N) is 1. The minimum Gasteiger partial charge on any atom is -0.345 e. The fraction of sp³-hybridized carbons (Fsp3) is 0.100. The van der Waals surface area contributed by atoms with Crippen LogP contribution >= 0.6 is 11.6 Å². The van der Waals surface area contributed by atoms with Gasteiger partial charge < -0.3 is 15.1 Å². The number of Topliss-reactive ketones (excluding diaryl/α,β-unsaturated/α-hetero) is 1. The summed E-state index contributed by atoms with van der Waals surface area (Å²) < 4.78 is 1.46. The average molecular weight is 413 g/mol. The van der Waals surface area contributed by atoms with Crippen molar-refractivity contribution in [1.29, 1.82) is 0 Å². The van der Waals surface area contributed by atoms with Gasteiger partial charge in [0.15, 0.2) is 16.7 Å². The zero-order chi connectivity index (χ0) is 19.8. The number of carbonyl (C=O) groups excluding carboxylic acids is 2. The van der Waals surface area contributed by atoms with E-state index < -0.39 is 0 Å². The second kappa shape index (κ2) is 7.27. The van der Waals surface area contributed by atoms with Crippen LogP contribution in [0.2, 0.25) is 5.02 Å². The lowest BCUT2D eigenvalue weighted by Crippen LogP contribution is -2.86. The Morgan fingerprint density at radius 2 is 2.11 bits per heavy atom. The fourth-order valence-corrected chi connectivity index (χ4v) is 4.07. The highest BCUT2D eigenvalue weighted by atomic mass is 35.5. The maximum atomic E-state index is 13.2. The summed E-state index contributed by atoms with van der Waals surface area (Å²) in [6.07, 6.45) is 5.07. The number of carbonyl (C=O) groups is 2. The largest absolute Gasteiger partial charge is 0.441 e. The molecule has 28 heavy (non-hydrogen) atoms. The van der Waals surface area contributed by atoms with Crippen molar-refractivity contribution in [1.82, 2.24) is 9.88 Å². The maximum Gasteiger partial charge on any atom is 0.441 e. The highest BCUT2D eigenvalue weighted by Crippen LogP contribution is 2.23. The van der Waals surface area contributed by atoms with Gasteiger partial charge in [-0.15, -0.1) is 23.7 Å². The predicted molar refractivity (Wildman–Crippen MR) is 109 cm³/mol. The number of halogens is 1. The van der Waals surface area contributed by atoms with Gasteiger partial charge in [-0.2, -0.15) is 0 Å². The van der Waals surface area contributed by atoms with Gasteiger partial charge in [0.25, 0.3) is 5.37 Å². The molecule has 2 N–H and O–H groups in total. The van der Waals surface area contributed by atoms with Crippen LogP contribution in [0, 0.1) is 11.4 Å². The van der Waals surface area contributed by atoms with Gasteiger partial charge in [-0.05, 0) is 22.3 Å². The van der Waals surface area contributed by atoms with E-state index in [0.29, 0.717) is 27.5 Å². The normalized spacial score (nSPS) is 13.4. The van der Waals surface area contributed by atoms with Crippen molar-refractivity contribution in [2.24, 2.45) is 0 Å². The van der Waals surface area contributed by atoms with Gasteiger partial charge in [-0.3, -0.25) is 4.90 Å². The summed E-state index contributed by atoms with van der Waals surface area (Å²) in [6.45, 7) is 0. The van der Waals surface area contributed by atoms with E-state index >= 15 is 0 Å². The van der Waals surface area contributed by atoms with E-state index in [1.807, 2.05) is 22.8 Å². The third-order valence-electron chi connectivity index (χ3n) is 4.41. The van der Waals surface area contributed by atoms with Gasteiger partial charge in [0, 0.05) is 6.20 Å². The lowest BCUT2D eigenvalue weighted by atomic mass is 10.0. The number of aromatic nitrogens is 2. The van der Waals surface area contributed by atoms with E-state index in [4.69, 9.17) is 11.6 Å². The van der Waals surface area contributed by atoms with Gasteiger partial charge in [0.05, 0.1) is 25.7 Å². The highest BCUT2D eigenvalue weighted by Gasteiger charge is 2.33. The Bertz CT molecular complexity index is 1090. The minimum absolute atomic E-state index is 0.135. The highest BCUT2D eigenvalue weighted by molar-refractivity contribution is 7.81. The first-order valence-corrected chi connectivity index (χ1v) is 9.77. The zero-order valence-electron chi connectivity index (χ0n) is 15.2. The fourth-order valence-electron chi connectivity index (χ4n) is 3.03. The van der Waals surface area contributed by atoms with E-state index in [1.165, 1.54) is 20.8 Å². The maximum absolute atomic E-state index is 13.2. The topological polar surface area (TPSA) is 70.8 Å². The molecule has 1 aliphatic rings. The number of amides is 1. The summed E-state index contributed by atoms with van der Waals surface area (Å²) in [5, 5.41) is 5.85. The molecule has 0 radical (unpaired) electrons. The standard InChI is InChI=1S/C20H17ClN4O2S/c1-24(2)20(27)25-10-15(14-6-5-13(21)8-17(14)25)18(26)16-11-28-19(23-16)12-4-3-7-22-9-12/h3-11H,23H2,1-2H3. The molecule has 0 saturated heterocycles. The van der Waals surface area contributed by atoms with Crippen molar-refractivity contribution in [3.05, 3.63) is 76.5 Å². The number of nitrogens with zero attached hydrogens (tertiary/aromatic N) is 3. The van der Waals surface area contributed by atoms with Gasteiger partial charge in [-0.1, -0.05) is 29.8 Å². The molecule has 4 rings (SSSR count). The number of rotatable bonds is 3. The second-order valence-electron chi connectivity index (χ2n) is 6.52. The molecular formula is C20H17ClN4O2S. The molecule has 3 aromatic rings. The molecule has 3 heterocycles. The third kappa shape index (κ3) is 3.24. The van der Waals surface area contributed by atoms with E-state index in [0.717, 1.165) is 10.9 Å². The molecule has 0 spiro atoms. The SMILES string of the molecule is CN(C)C(=O)[n+]1cc(C(=O)[C-]2C=[S+][C-](c3cccnc3)[NH2+]2)c2ccc(Cl)c[c-]21. The van der Waals surface area contributed by atoms with E-state index in [2.05, 4.69) is 4.98 Å². The lowest BCUT2D eigenvalue weighted by molar-refractivity contribution is -0.580. The summed E-state index contributed by atoms with van der Waals surface area (Å²) >= 11 is 7.61. The molecule has 6 nitrogen and oxygen atoms in total. The summed E-state index contributed by atoms with van der Waals surface area (Å²) in [7, 11) is 3.33. The monoisotopic (exact) mass is 412 g/mol. The van der Waals surface area contributed by atoms with Crippen LogP contribution in [-0.4, -0.2) is 41.2 Å². The van der Waals surface area contributed by atoms with Crippen LogP contribution in [0.1, 0.15) is 15.9 Å². The molecule has 0 aliphatic carbocycles. The Balaban J connectivity index is 1.69. The number of fused-ring (bicyclic) bond motifs is 1. The van der Waals surface area contributed by atoms with Crippen molar-refractivity contribution < 1.29 is 19.5 Å². The van der Waals surface area contributed by atoms with Crippen LogP contribution in [0.5, 0.6) is 0 Å². The van der Waals surface area contributed by atoms with Gasteiger partial charge >= 0.3 is 6.03 Å². The van der Waals surface area contributed by atoms with Crippen molar-refractivity contribution in [3.8, 4) is 0 Å². The molecule has 0 saturated carbocycles. The van der Waals surface area contributed by atoms with Crippen LogP contribution in [0.4, 0.5) is 4.79 Å². The summed E-state index contributed by atoms with van der Waals surface area (Å²) in [5.74, 6) is -0.135. The first kappa shape index (κ1) is 18.5. The third-order valence-corrected chi connectivity index (χ3v) is 5.62. The molecule has 8 heteroatoms. The first-order chi connectivity index (χ1) is 13.5. The van der Waals surface area contributed by atoms with Gasteiger partial charge in [0.1, 0.15) is 5.78 Å². The molecule has 1 aliphatic heterocycles. The summed E-state index contributed by atoms with van der Waals surface area (Å²) in [4.78, 5) is 31.4. The predicted octanol–water partition coefficient (Wildman–Crippen LogP) is 1.14. The average Bonchev–Trinajstić information content (AvgIpc) is 3.32. The molecule has 0 atom stereocenters. The molecular weight excluding hydrogens is 396 g/mol. The lowest BCUT2D eigenvalue weighted by Gasteiger charge is -2.12. The van der Waals surface area contributed by atoms with Gasteiger partial charge in [-0.25, -0.2) is 9.36 Å². The smallest absolute Gasteiger partial charge is 0.345 e. The zero-order valence-corrected chi connectivity index (χ0v) is 16.8. The molecule has 1 aromatic carbocycles. The molecule has 0 fully saturated rings. The number of ketones is 1. The Morgan fingerprint density at radius 3 is 2.82 bits per heavy atom. The van der Waals surface area contributed by atoms with Crippen molar-refractivity contribution in [3.63, 3.8) is 0 Å². The molecule has 1 amide bonds. The van der Waals surface area contributed by atoms with Crippen LogP contribution in [0.3, 0.4) is 0 Å². The van der Waals surface area contributed by atoms with Crippen LogP contribution < -0.4 is 9.88 Å². The van der Waals surface area contributed by atoms with E-state index in [9.17, 15) is 9.59 Å². The number of hydrogen-bond acceptors (Lipinski definition) is 3. The summed E-state index contributed by atoms with van der Waals surface area (Å²) in [6, 6.07) is 9.35. The van der Waals surface area contributed by atoms with Crippen molar-refractivity contribution in [2.45, 2.75) is 0 Å². The van der Waals surface area contributed by atoms with Crippen LogP contribution in [0.25, 0.3) is 10.9 Å². The Labute approximate surface area is 171 Å². The first-order valence-electron chi connectivity index (χ1n) is 8.51. The van der Waals surface area contributed by atoms with Crippen molar-refractivity contribution >= 4 is 51.0 Å². The number of quaternary nitrogens is 1. The van der Waals surface area contributed by atoms with Crippen LogP contribution in [0.15, 0.2) is 48.9 Å². The second-order valence-corrected chi connectivity index (χ2v) is 7.87. The minimum atomic E-state index is -0.243. The summed E-state index contributed by atoms with van der Waals surface area (Å²) in [5.41, 5.74) is 2.04. The van der Waals surface area contributed by atoms with Crippen molar-refractivity contribution in [2.75, 3.05) is 14.1 Å². The number of pyridine rings is 1. The van der Waals surface area contributed by atoms with Crippen LogP contribution in [-0.2, 0) is 11.4 Å². The molecule has 0 unspecified atom stereocenters. The van der Waals surface area contributed by atoms with Gasteiger partial charge in [0.2, 0.25) is 0 Å². The Kier molecular flexibility index (Phi) is 4.80. The number of hydrogen-bond donors (Lipinski definition) is 1.